The van der Waals surface area contributed by atoms with Crippen LogP contribution in [0.1, 0.15) is 290 Å². The highest BCUT2D eigenvalue weighted by molar-refractivity contribution is 5.71. The Balaban J connectivity index is 4.44. The zero-order valence-corrected chi connectivity index (χ0v) is 45.6. The van der Waals surface area contributed by atoms with E-state index in [9.17, 15) is 14.4 Å². The molecule has 0 amide bonds. The monoisotopic (exact) mass is 963 g/mol. The third-order valence-electron chi connectivity index (χ3n) is 12.7. The van der Waals surface area contributed by atoms with Gasteiger partial charge < -0.3 is 14.2 Å². The SMILES string of the molecule is CCCCC/C=C\C/C=C\C/C=C\CCCCCCC(=O)OC[C@H](COC(=O)CCCCCCCCC/C=C\CCCCCCCC)OC(=O)CCCCCCCCC/C=C\C/C=C\CCCCC. The minimum Gasteiger partial charge on any atom is -0.462 e. The van der Waals surface area contributed by atoms with E-state index in [1.165, 1.54) is 154 Å². The van der Waals surface area contributed by atoms with Gasteiger partial charge in [-0.1, -0.05) is 229 Å². The van der Waals surface area contributed by atoms with Crippen molar-refractivity contribution in [3.8, 4) is 0 Å². The molecule has 69 heavy (non-hydrogen) atoms. The molecule has 398 valence electrons. The van der Waals surface area contributed by atoms with Crippen molar-refractivity contribution >= 4 is 17.9 Å². The molecule has 0 aromatic heterocycles. The molecule has 1 atom stereocenters. The highest BCUT2D eigenvalue weighted by atomic mass is 16.6. The normalized spacial score (nSPS) is 12.6. The van der Waals surface area contributed by atoms with Crippen LogP contribution in [0.3, 0.4) is 0 Å². The average Bonchev–Trinajstić information content (AvgIpc) is 3.35. The van der Waals surface area contributed by atoms with E-state index in [4.69, 9.17) is 14.2 Å². The van der Waals surface area contributed by atoms with Gasteiger partial charge in [-0.15, -0.1) is 0 Å². The maximum absolute atomic E-state index is 12.9. The summed E-state index contributed by atoms with van der Waals surface area (Å²) in [5.41, 5.74) is 0. The zero-order valence-electron chi connectivity index (χ0n) is 45.6. The van der Waals surface area contributed by atoms with Crippen LogP contribution in [0, 0.1) is 0 Å². The fraction of sp³-hybridized carbons (Fsp3) is 0.762. The predicted molar refractivity (Wildman–Crippen MR) is 298 cm³/mol. The van der Waals surface area contributed by atoms with Crippen molar-refractivity contribution in [3.63, 3.8) is 0 Å². The van der Waals surface area contributed by atoms with Crippen LogP contribution >= 0.6 is 0 Å². The lowest BCUT2D eigenvalue weighted by atomic mass is 10.1. The number of carbonyl (C=O) groups excluding carboxylic acids is 3. The first kappa shape index (κ1) is 65.8. The smallest absolute Gasteiger partial charge is 0.306 e. The van der Waals surface area contributed by atoms with Gasteiger partial charge in [-0.2, -0.15) is 0 Å². The number of hydrogen-bond donors (Lipinski definition) is 0. The van der Waals surface area contributed by atoms with Gasteiger partial charge in [-0.25, -0.2) is 0 Å². The van der Waals surface area contributed by atoms with Crippen LogP contribution in [0.15, 0.2) is 72.9 Å². The van der Waals surface area contributed by atoms with E-state index >= 15 is 0 Å². The highest BCUT2D eigenvalue weighted by Crippen LogP contribution is 2.15. The third-order valence-corrected chi connectivity index (χ3v) is 12.7. The molecule has 0 spiro atoms. The fourth-order valence-electron chi connectivity index (χ4n) is 8.18. The highest BCUT2D eigenvalue weighted by Gasteiger charge is 2.19. The number of ether oxygens (including phenoxy) is 3. The fourth-order valence-corrected chi connectivity index (χ4v) is 8.18. The number of rotatable bonds is 53. The summed E-state index contributed by atoms with van der Waals surface area (Å²) in [6, 6.07) is 0. The molecule has 0 N–H and O–H groups in total. The first-order chi connectivity index (χ1) is 34.0. The molecule has 0 aliphatic carbocycles. The molecule has 0 fully saturated rings. The quantitative estimate of drug-likeness (QED) is 0.0262. The van der Waals surface area contributed by atoms with Crippen LogP contribution < -0.4 is 0 Å². The third kappa shape index (κ3) is 55.6. The molecule has 0 saturated heterocycles. The maximum atomic E-state index is 12.9. The van der Waals surface area contributed by atoms with Crippen LogP contribution in [0.2, 0.25) is 0 Å². The van der Waals surface area contributed by atoms with Gasteiger partial charge in [0.25, 0.3) is 0 Å². The Bertz CT molecular complexity index is 1290. The second kappa shape index (κ2) is 57.4. The molecule has 0 bridgehead atoms. The van der Waals surface area contributed by atoms with Gasteiger partial charge >= 0.3 is 17.9 Å². The molecule has 0 radical (unpaired) electrons. The van der Waals surface area contributed by atoms with Gasteiger partial charge in [0.2, 0.25) is 0 Å². The van der Waals surface area contributed by atoms with Crippen molar-refractivity contribution in [2.24, 2.45) is 0 Å². The summed E-state index contributed by atoms with van der Waals surface area (Å²) in [5.74, 6) is -0.913. The topological polar surface area (TPSA) is 78.9 Å². The Kier molecular flexibility index (Phi) is 54.8. The van der Waals surface area contributed by atoms with E-state index < -0.39 is 6.10 Å². The van der Waals surface area contributed by atoms with Gasteiger partial charge in [0, 0.05) is 19.3 Å². The van der Waals surface area contributed by atoms with Crippen molar-refractivity contribution in [2.75, 3.05) is 13.2 Å². The molecule has 0 aliphatic heterocycles. The Morgan fingerprint density at radius 1 is 0.290 bits per heavy atom. The minimum atomic E-state index is -0.791. The Morgan fingerprint density at radius 2 is 0.522 bits per heavy atom. The number of carbonyl (C=O) groups is 3. The number of unbranched alkanes of at least 4 members (excludes halogenated alkanes) is 30. The van der Waals surface area contributed by atoms with E-state index in [-0.39, 0.29) is 31.1 Å². The lowest BCUT2D eigenvalue weighted by molar-refractivity contribution is -0.167. The molecular weight excluding hydrogens is 853 g/mol. The number of hydrogen-bond acceptors (Lipinski definition) is 6. The average molecular weight is 964 g/mol. The first-order valence-electron chi connectivity index (χ1n) is 29.4. The van der Waals surface area contributed by atoms with Gasteiger partial charge in [0.05, 0.1) is 0 Å². The molecular formula is C63H110O6. The lowest BCUT2D eigenvalue weighted by Crippen LogP contribution is -2.30. The van der Waals surface area contributed by atoms with Gasteiger partial charge in [0.15, 0.2) is 6.10 Å². The van der Waals surface area contributed by atoms with Crippen molar-refractivity contribution < 1.29 is 28.6 Å². The molecule has 0 heterocycles. The Morgan fingerprint density at radius 3 is 0.855 bits per heavy atom. The summed E-state index contributed by atoms with van der Waals surface area (Å²) in [4.78, 5) is 38.2. The van der Waals surface area contributed by atoms with Crippen molar-refractivity contribution in [1.29, 1.82) is 0 Å². The zero-order chi connectivity index (χ0) is 50.0. The summed E-state index contributed by atoms with van der Waals surface area (Å²) in [7, 11) is 0. The minimum absolute atomic E-state index is 0.0876. The second-order valence-electron chi connectivity index (χ2n) is 19.5. The molecule has 0 aromatic carbocycles. The standard InChI is InChI=1S/C63H110O6/c1-4-7-10-13-16-19-22-25-28-31-34-37-40-43-46-49-52-55-61(64)67-58-60(69-63(66)57-54-51-48-45-42-39-36-33-30-27-24-21-18-15-12-9-6-3)59-68-62(65)56-53-50-47-44-41-38-35-32-29-26-23-20-17-14-11-8-5-2/h16,18-19,21,25-30,34,37,60H,4-15,17,20,22-24,31-33,35-36,38-59H2,1-3H3/b19-16-,21-18-,28-25-,29-26-,30-27-,37-34-/t60-/m1/s1. The first-order valence-corrected chi connectivity index (χ1v) is 29.4. The summed E-state index contributed by atoms with van der Waals surface area (Å²) < 4.78 is 16.9. The van der Waals surface area contributed by atoms with Crippen molar-refractivity contribution in [1.82, 2.24) is 0 Å². The van der Waals surface area contributed by atoms with Crippen LogP contribution in [-0.2, 0) is 28.6 Å². The van der Waals surface area contributed by atoms with Crippen molar-refractivity contribution in [3.05, 3.63) is 72.9 Å². The van der Waals surface area contributed by atoms with Gasteiger partial charge in [-0.3, -0.25) is 14.4 Å². The van der Waals surface area contributed by atoms with Crippen LogP contribution in [-0.4, -0.2) is 37.2 Å². The molecule has 0 rings (SSSR count). The summed E-state index contributed by atoms with van der Waals surface area (Å²) in [6.45, 7) is 6.57. The Hall–Kier alpha value is -3.15. The molecule has 0 saturated carbocycles. The van der Waals surface area contributed by atoms with Gasteiger partial charge in [-0.05, 0) is 116 Å². The molecule has 0 aromatic rings. The van der Waals surface area contributed by atoms with Crippen molar-refractivity contribution in [2.45, 2.75) is 297 Å². The van der Waals surface area contributed by atoms with Crippen LogP contribution in [0.25, 0.3) is 0 Å². The number of esters is 3. The molecule has 0 unspecified atom stereocenters. The summed E-state index contributed by atoms with van der Waals surface area (Å²) in [5, 5.41) is 0. The second-order valence-corrected chi connectivity index (χ2v) is 19.5. The largest absolute Gasteiger partial charge is 0.462 e. The predicted octanol–water partition coefficient (Wildman–Crippen LogP) is 19.8. The summed E-state index contributed by atoms with van der Waals surface area (Å²) in [6.07, 6.45) is 73.1. The van der Waals surface area contributed by atoms with E-state index in [1.807, 2.05) is 0 Å². The van der Waals surface area contributed by atoms with Gasteiger partial charge in [0.1, 0.15) is 13.2 Å². The number of allylic oxidation sites excluding steroid dienone is 12. The van der Waals surface area contributed by atoms with E-state index in [0.717, 1.165) is 96.3 Å². The lowest BCUT2D eigenvalue weighted by Gasteiger charge is -2.18. The van der Waals surface area contributed by atoms with Crippen LogP contribution in [0.4, 0.5) is 0 Å². The summed E-state index contributed by atoms with van der Waals surface area (Å²) >= 11 is 0. The van der Waals surface area contributed by atoms with E-state index in [1.54, 1.807) is 0 Å². The Labute approximate surface area is 427 Å². The van der Waals surface area contributed by atoms with Crippen LogP contribution in [0.5, 0.6) is 0 Å². The molecule has 6 nitrogen and oxygen atoms in total. The maximum Gasteiger partial charge on any atom is 0.306 e. The molecule has 6 heteroatoms. The van der Waals surface area contributed by atoms with E-state index in [2.05, 4.69) is 93.7 Å². The van der Waals surface area contributed by atoms with E-state index in [0.29, 0.717) is 19.3 Å². The molecule has 0 aliphatic rings.